The Morgan fingerprint density at radius 3 is 2.89 bits per heavy atom. The molecule has 18 heavy (non-hydrogen) atoms. The van der Waals surface area contributed by atoms with Crippen molar-refractivity contribution >= 4 is 5.91 Å². The SMILES string of the molecule is COCCNC(=O)C(C)N1CCCC(C(C)N)C1. The van der Waals surface area contributed by atoms with Crippen LogP contribution in [0.4, 0.5) is 0 Å². The number of likely N-dealkylation sites (tertiary alicyclic amines) is 1. The highest BCUT2D eigenvalue weighted by molar-refractivity contribution is 5.81. The van der Waals surface area contributed by atoms with Gasteiger partial charge in [0.1, 0.15) is 0 Å². The van der Waals surface area contributed by atoms with Crippen molar-refractivity contribution in [2.24, 2.45) is 11.7 Å². The minimum Gasteiger partial charge on any atom is -0.383 e. The van der Waals surface area contributed by atoms with Gasteiger partial charge in [0.15, 0.2) is 0 Å². The number of carbonyl (C=O) groups is 1. The number of piperidine rings is 1. The van der Waals surface area contributed by atoms with Crippen LogP contribution in [0, 0.1) is 5.92 Å². The zero-order valence-corrected chi connectivity index (χ0v) is 11.8. The lowest BCUT2D eigenvalue weighted by Crippen LogP contribution is -2.51. The van der Waals surface area contributed by atoms with Crippen molar-refractivity contribution in [3.05, 3.63) is 0 Å². The van der Waals surface area contributed by atoms with Gasteiger partial charge in [-0.15, -0.1) is 0 Å². The fraction of sp³-hybridized carbons (Fsp3) is 0.923. The zero-order chi connectivity index (χ0) is 13.5. The first kappa shape index (κ1) is 15.4. The largest absolute Gasteiger partial charge is 0.383 e. The van der Waals surface area contributed by atoms with Crippen molar-refractivity contribution in [1.82, 2.24) is 10.2 Å². The Morgan fingerprint density at radius 1 is 1.56 bits per heavy atom. The van der Waals surface area contributed by atoms with Gasteiger partial charge in [-0.2, -0.15) is 0 Å². The maximum Gasteiger partial charge on any atom is 0.237 e. The average Bonchev–Trinajstić information content (AvgIpc) is 2.38. The molecule has 0 aromatic carbocycles. The van der Waals surface area contributed by atoms with Crippen LogP contribution < -0.4 is 11.1 Å². The van der Waals surface area contributed by atoms with Crippen LogP contribution in [0.25, 0.3) is 0 Å². The van der Waals surface area contributed by atoms with Crippen LogP contribution in [0.1, 0.15) is 26.7 Å². The van der Waals surface area contributed by atoms with Gasteiger partial charge < -0.3 is 15.8 Å². The zero-order valence-electron chi connectivity index (χ0n) is 11.8. The molecule has 1 fully saturated rings. The molecule has 1 aliphatic heterocycles. The average molecular weight is 257 g/mol. The Morgan fingerprint density at radius 2 is 2.28 bits per heavy atom. The molecule has 0 aliphatic carbocycles. The number of carbonyl (C=O) groups excluding carboxylic acids is 1. The third kappa shape index (κ3) is 4.55. The quantitative estimate of drug-likeness (QED) is 0.667. The highest BCUT2D eigenvalue weighted by Crippen LogP contribution is 2.20. The van der Waals surface area contributed by atoms with Gasteiger partial charge in [0.05, 0.1) is 12.6 Å². The predicted molar refractivity (Wildman–Crippen MR) is 72.3 cm³/mol. The molecule has 0 aromatic heterocycles. The van der Waals surface area contributed by atoms with Crippen molar-refractivity contribution in [2.75, 3.05) is 33.4 Å². The molecule has 3 unspecified atom stereocenters. The van der Waals surface area contributed by atoms with Crippen LogP contribution >= 0.6 is 0 Å². The predicted octanol–water partition coefficient (Wildman–Crippen LogP) is 0.197. The Balaban J connectivity index is 2.40. The number of amides is 1. The third-order valence-electron chi connectivity index (χ3n) is 3.77. The standard InChI is InChI=1S/C13H27N3O2/c1-10(14)12-5-4-7-16(9-12)11(2)13(17)15-6-8-18-3/h10-12H,4-9,14H2,1-3H3,(H,15,17). The molecule has 0 spiro atoms. The molecule has 1 aliphatic rings. The molecular weight excluding hydrogens is 230 g/mol. The smallest absolute Gasteiger partial charge is 0.237 e. The number of nitrogens with one attached hydrogen (secondary N) is 1. The topological polar surface area (TPSA) is 67.6 Å². The molecule has 5 heteroatoms. The lowest BCUT2D eigenvalue weighted by molar-refractivity contribution is -0.126. The van der Waals surface area contributed by atoms with Gasteiger partial charge in [0.2, 0.25) is 5.91 Å². The molecule has 1 saturated heterocycles. The van der Waals surface area contributed by atoms with Crippen LogP contribution in [0.2, 0.25) is 0 Å². The Bertz CT molecular complexity index is 259. The first-order valence-electron chi connectivity index (χ1n) is 6.82. The summed E-state index contributed by atoms with van der Waals surface area (Å²) in [5.74, 6) is 0.588. The van der Waals surface area contributed by atoms with Crippen molar-refractivity contribution in [2.45, 2.75) is 38.8 Å². The Kier molecular flexibility index (Phi) is 6.60. The molecule has 1 heterocycles. The van der Waals surface area contributed by atoms with E-state index in [2.05, 4.69) is 17.1 Å². The van der Waals surface area contributed by atoms with Crippen molar-refractivity contribution < 1.29 is 9.53 Å². The highest BCUT2D eigenvalue weighted by atomic mass is 16.5. The van der Waals surface area contributed by atoms with Gasteiger partial charge in [-0.05, 0) is 39.2 Å². The number of methoxy groups -OCH3 is 1. The summed E-state index contributed by atoms with van der Waals surface area (Å²) in [6.45, 7) is 7.06. The molecule has 0 aromatic rings. The minimum atomic E-state index is -0.0802. The summed E-state index contributed by atoms with van der Waals surface area (Å²) in [6, 6.07) is 0.125. The van der Waals surface area contributed by atoms with Gasteiger partial charge >= 0.3 is 0 Å². The van der Waals surface area contributed by atoms with Gasteiger partial charge in [0.25, 0.3) is 0 Å². The first-order chi connectivity index (χ1) is 8.56. The number of hydrogen-bond acceptors (Lipinski definition) is 4. The second-order valence-electron chi connectivity index (χ2n) is 5.22. The molecule has 0 bridgehead atoms. The molecular formula is C13H27N3O2. The van der Waals surface area contributed by atoms with E-state index < -0.39 is 0 Å². The summed E-state index contributed by atoms with van der Waals surface area (Å²) in [5, 5.41) is 2.89. The second-order valence-corrected chi connectivity index (χ2v) is 5.22. The number of nitrogens with zero attached hydrogens (tertiary/aromatic N) is 1. The Labute approximate surface area is 110 Å². The number of ether oxygens (including phenoxy) is 1. The van der Waals surface area contributed by atoms with Crippen molar-refractivity contribution in [3.8, 4) is 0 Å². The molecule has 3 N–H and O–H groups in total. The fourth-order valence-corrected chi connectivity index (χ4v) is 2.41. The van der Waals surface area contributed by atoms with E-state index in [0.29, 0.717) is 19.1 Å². The Hall–Kier alpha value is -0.650. The summed E-state index contributed by atoms with van der Waals surface area (Å²) < 4.78 is 4.92. The van der Waals surface area contributed by atoms with E-state index in [1.807, 2.05) is 6.92 Å². The van der Waals surface area contributed by atoms with E-state index in [1.54, 1.807) is 7.11 Å². The van der Waals surface area contributed by atoms with Crippen LogP contribution in [-0.4, -0.2) is 56.2 Å². The van der Waals surface area contributed by atoms with Crippen LogP contribution in [0.15, 0.2) is 0 Å². The first-order valence-corrected chi connectivity index (χ1v) is 6.82. The highest BCUT2D eigenvalue weighted by Gasteiger charge is 2.28. The van der Waals surface area contributed by atoms with Gasteiger partial charge in [0, 0.05) is 26.2 Å². The van der Waals surface area contributed by atoms with E-state index >= 15 is 0 Å². The lowest BCUT2D eigenvalue weighted by atomic mass is 9.91. The van der Waals surface area contributed by atoms with E-state index in [9.17, 15) is 4.79 Å². The van der Waals surface area contributed by atoms with Crippen LogP contribution in [0.3, 0.4) is 0 Å². The second kappa shape index (κ2) is 7.71. The normalized spacial score (nSPS) is 24.6. The summed E-state index contributed by atoms with van der Waals surface area (Å²) in [7, 11) is 1.63. The molecule has 5 nitrogen and oxygen atoms in total. The van der Waals surface area contributed by atoms with E-state index in [-0.39, 0.29) is 18.0 Å². The molecule has 1 amide bonds. The number of nitrogens with two attached hydrogens (primary N) is 1. The van der Waals surface area contributed by atoms with Crippen LogP contribution in [-0.2, 0) is 9.53 Å². The molecule has 106 valence electrons. The van der Waals surface area contributed by atoms with E-state index in [4.69, 9.17) is 10.5 Å². The van der Waals surface area contributed by atoms with Crippen molar-refractivity contribution in [3.63, 3.8) is 0 Å². The monoisotopic (exact) mass is 257 g/mol. The van der Waals surface area contributed by atoms with Gasteiger partial charge in [-0.3, -0.25) is 9.69 Å². The van der Waals surface area contributed by atoms with Crippen molar-refractivity contribution in [1.29, 1.82) is 0 Å². The van der Waals surface area contributed by atoms with Crippen LogP contribution in [0.5, 0.6) is 0 Å². The molecule has 0 saturated carbocycles. The minimum absolute atomic E-state index is 0.0802. The maximum atomic E-state index is 12.0. The lowest BCUT2D eigenvalue weighted by Gasteiger charge is -2.37. The summed E-state index contributed by atoms with van der Waals surface area (Å²) in [6.07, 6.45) is 2.30. The van der Waals surface area contributed by atoms with Gasteiger partial charge in [-0.1, -0.05) is 0 Å². The molecule has 0 radical (unpaired) electrons. The summed E-state index contributed by atoms with van der Waals surface area (Å²) in [4.78, 5) is 14.2. The van der Waals surface area contributed by atoms with Gasteiger partial charge in [-0.25, -0.2) is 0 Å². The summed E-state index contributed by atoms with van der Waals surface area (Å²) >= 11 is 0. The van der Waals surface area contributed by atoms with E-state index in [0.717, 1.165) is 19.5 Å². The maximum absolute atomic E-state index is 12.0. The third-order valence-corrected chi connectivity index (χ3v) is 3.77. The van der Waals surface area contributed by atoms with E-state index in [1.165, 1.54) is 6.42 Å². The molecule has 1 rings (SSSR count). The number of hydrogen-bond donors (Lipinski definition) is 2. The fourth-order valence-electron chi connectivity index (χ4n) is 2.41. The molecule has 3 atom stereocenters. The summed E-state index contributed by atoms with van der Waals surface area (Å²) in [5.41, 5.74) is 5.96. The number of rotatable bonds is 6.